The number of benzene rings is 2. The number of anilines is 1. The van der Waals surface area contributed by atoms with E-state index in [2.05, 4.69) is 36.3 Å². The summed E-state index contributed by atoms with van der Waals surface area (Å²) in [4.78, 5) is 16.7. The first-order chi connectivity index (χ1) is 11.5. The van der Waals surface area contributed by atoms with Crippen LogP contribution >= 0.6 is 22.9 Å². The lowest BCUT2D eigenvalue weighted by molar-refractivity contribution is -0.115. The third-order valence-electron chi connectivity index (χ3n) is 3.86. The van der Waals surface area contributed by atoms with Crippen molar-refractivity contribution in [3.8, 4) is 11.3 Å². The van der Waals surface area contributed by atoms with Crippen molar-refractivity contribution in [2.75, 3.05) is 5.32 Å². The van der Waals surface area contributed by atoms with Crippen LogP contribution in [0.25, 0.3) is 11.3 Å². The van der Waals surface area contributed by atoms with Crippen molar-refractivity contribution in [3.05, 3.63) is 69.6 Å². The van der Waals surface area contributed by atoms with Gasteiger partial charge in [-0.2, -0.15) is 0 Å². The highest BCUT2D eigenvalue weighted by Gasteiger charge is 2.10. The maximum atomic E-state index is 12.2. The molecule has 1 heterocycles. The fourth-order valence-electron chi connectivity index (χ4n) is 2.34. The molecule has 3 rings (SSSR count). The molecular formula is C19H17ClN2OS. The largest absolute Gasteiger partial charge is 0.302 e. The lowest BCUT2D eigenvalue weighted by Crippen LogP contribution is -2.14. The number of carbonyl (C=O) groups excluding carboxylic acids is 1. The van der Waals surface area contributed by atoms with Crippen LogP contribution in [0.3, 0.4) is 0 Å². The normalized spacial score (nSPS) is 10.6. The third kappa shape index (κ3) is 3.83. The third-order valence-corrected chi connectivity index (χ3v) is 4.99. The second kappa shape index (κ2) is 7.16. The summed E-state index contributed by atoms with van der Waals surface area (Å²) < 4.78 is 0. The van der Waals surface area contributed by atoms with Gasteiger partial charge in [0.15, 0.2) is 5.13 Å². The summed E-state index contributed by atoms with van der Waals surface area (Å²) in [6.45, 7) is 4.16. The average Bonchev–Trinajstić information content (AvgIpc) is 3.00. The molecule has 0 aliphatic carbocycles. The van der Waals surface area contributed by atoms with Gasteiger partial charge in [0.25, 0.3) is 0 Å². The molecule has 3 nitrogen and oxygen atoms in total. The van der Waals surface area contributed by atoms with Crippen molar-refractivity contribution >= 4 is 34.0 Å². The van der Waals surface area contributed by atoms with Gasteiger partial charge < -0.3 is 5.32 Å². The molecule has 3 aromatic rings. The van der Waals surface area contributed by atoms with E-state index in [-0.39, 0.29) is 12.3 Å². The topological polar surface area (TPSA) is 42.0 Å². The summed E-state index contributed by atoms with van der Waals surface area (Å²) in [6.07, 6.45) is 0.234. The van der Waals surface area contributed by atoms with Crippen LogP contribution in [0.15, 0.2) is 47.8 Å². The summed E-state index contributed by atoms with van der Waals surface area (Å²) in [6, 6.07) is 13.6. The van der Waals surface area contributed by atoms with Crippen LogP contribution in [0.2, 0.25) is 5.02 Å². The number of aryl methyl sites for hydroxylation is 2. The quantitative estimate of drug-likeness (QED) is 0.692. The molecule has 0 spiro atoms. The number of rotatable bonds is 4. The summed E-state index contributed by atoms with van der Waals surface area (Å²) in [5.41, 5.74) is 5.21. The SMILES string of the molecule is Cc1ccc(-c2csc(NC(=O)Cc3ccccc3Cl)n2)cc1C. The molecule has 1 amide bonds. The second-order valence-electron chi connectivity index (χ2n) is 5.65. The van der Waals surface area contributed by atoms with Crippen molar-refractivity contribution < 1.29 is 4.79 Å². The molecule has 0 saturated carbocycles. The van der Waals surface area contributed by atoms with E-state index in [4.69, 9.17) is 11.6 Å². The lowest BCUT2D eigenvalue weighted by atomic mass is 10.1. The Kier molecular flexibility index (Phi) is 4.97. The molecule has 5 heteroatoms. The first-order valence-electron chi connectivity index (χ1n) is 7.59. The molecule has 0 unspecified atom stereocenters. The summed E-state index contributed by atoms with van der Waals surface area (Å²) in [5, 5.41) is 5.99. The fraction of sp³-hybridized carbons (Fsp3) is 0.158. The first kappa shape index (κ1) is 16.7. The highest BCUT2D eigenvalue weighted by molar-refractivity contribution is 7.14. The number of amides is 1. The zero-order valence-corrected chi connectivity index (χ0v) is 15.0. The zero-order valence-electron chi connectivity index (χ0n) is 13.5. The maximum absolute atomic E-state index is 12.2. The smallest absolute Gasteiger partial charge is 0.230 e. The van der Waals surface area contributed by atoms with Crippen LogP contribution < -0.4 is 5.32 Å². The van der Waals surface area contributed by atoms with Crippen LogP contribution in [0, 0.1) is 13.8 Å². The average molecular weight is 357 g/mol. The van der Waals surface area contributed by atoms with Crippen molar-refractivity contribution in [1.29, 1.82) is 0 Å². The monoisotopic (exact) mass is 356 g/mol. The number of hydrogen-bond acceptors (Lipinski definition) is 3. The lowest BCUT2D eigenvalue weighted by Gasteiger charge is -2.04. The molecule has 0 atom stereocenters. The summed E-state index contributed by atoms with van der Waals surface area (Å²) in [5.74, 6) is -0.121. The Morgan fingerprint density at radius 2 is 1.96 bits per heavy atom. The Labute approximate surface area is 150 Å². The molecule has 0 bridgehead atoms. The number of nitrogens with zero attached hydrogens (tertiary/aromatic N) is 1. The van der Waals surface area contributed by atoms with E-state index in [1.165, 1.54) is 22.5 Å². The Morgan fingerprint density at radius 3 is 2.71 bits per heavy atom. The molecule has 24 heavy (non-hydrogen) atoms. The number of aromatic nitrogens is 1. The van der Waals surface area contributed by atoms with Crippen molar-refractivity contribution in [1.82, 2.24) is 4.98 Å². The fourth-order valence-corrected chi connectivity index (χ4v) is 3.28. The van der Waals surface area contributed by atoms with Gasteiger partial charge in [-0.25, -0.2) is 4.98 Å². The Balaban J connectivity index is 1.70. The minimum Gasteiger partial charge on any atom is -0.302 e. The standard InChI is InChI=1S/C19H17ClN2OS/c1-12-7-8-15(9-13(12)2)17-11-24-19(21-17)22-18(23)10-14-5-3-4-6-16(14)20/h3-9,11H,10H2,1-2H3,(H,21,22,23). The molecule has 2 aromatic carbocycles. The van der Waals surface area contributed by atoms with Gasteiger partial charge in [-0.3, -0.25) is 4.79 Å². The van der Waals surface area contributed by atoms with Crippen molar-refractivity contribution in [2.45, 2.75) is 20.3 Å². The zero-order chi connectivity index (χ0) is 17.1. The van der Waals surface area contributed by atoms with E-state index in [9.17, 15) is 4.79 Å². The van der Waals surface area contributed by atoms with Crippen LogP contribution in [0.5, 0.6) is 0 Å². The molecular weight excluding hydrogens is 340 g/mol. The van der Waals surface area contributed by atoms with Crippen molar-refractivity contribution in [2.24, 2.45) is 0 Å². The number of hydrogen-bond donors (Lipinski definition) is 1. The molecule has 0 fully saturated rings. The van der Waals surface area contributed by atoms with Crippen LogP contribution in [0.1, 0.15) is 16.7 Å². The van der Waals surface area contributed by atoms with Gasteiger partial charge in [0, 0.05) is 16.0 Å². The molecule has 0 aliphatic rings. The van der Waals surface area contributed by atoms with Crippen molar-refractivity contribution in [3.63, 3.8) is 0 Å². The van der Waals surface area contributed by atoms with E-state index in [1.54, 1.807) is 6.07 Å². The number of halogens is 1. The molecule has 1 N–H and O–H groups in total. The van der Waals surface area contributed by atoms with E-state index in [0.717, 1.165) is 16.8 Å². The van der Waals surface area contributed by atoms with Crippen LogP contribution in [-0.2, 0) is 11.2 Å². The molecule has 1 aromatic heterocycles. The summed E-state index contributed by atoms with van der Waals surface area (Å²) >= 11 is 7.51. The second-order valence-corrected chi connectivity index (χ2v) is 6.92. The Morgan fingerprint density at radius 1 is 1.17 bits per heavy atom. The first-order valence-corrected chi connectivity index (χ1v) is 8.85. The number of carbonyl (C=O) groups is 1. The highest BCUT2D eigenvalue weighted by atomic mass is 35.5. The Hall–Kier alpha value is -2.17. The van der Waals surface area contributed by atoms with Gasteiger partial charge in [-0.05, 0) is 42.7 Å². The predicted octanol–water partition coefficient (Wildman–Crippen LogP) is 5.26. The molecule has 0 aliphatic heterocycles. The minimum absolute atomic E-state index is 0.121. The minimum atomic E-state index is -0.121. The van der Waals surface area contributed by atoms with Gasteiger partial charge in [-0.1, -0.05) is 41.9 Å². The van der Waals surface area contributed by atoms with Gasteiger partial charge in [0.05, 0.1) is 12.1 Å². The molecule has 122 valence electrons. The molecule has 0 saturated heterocycles. The van der Waals surface area contributed by atoms with Gasteiger partial charge >= 0.3 is 0 Å². The summed E-state index contributed by atoms with van der Waals surface area (Å²) in [7, 11) is 0. The highest BCUT2D eigenvalue weighted by Crippen LogP contribution is 2.26. The maximum Gasteiger partial charge on any atom is 0.230 e. The van der Waals surface area contributed by atoms with E-state index >= 15 is 0 Å². The van der Waals surface area contributed by atoms with E-state index < -0.39 is 0 Å². The van der Waals surface area contributed by atoms with Crippen LogP contribution in [0.4, 0.5) is 5.13 Å². The van der Waals surface area contributed by atoms with E-state index in [0.29, 0.717) is 10.2 Å². The van der Waals surface area contributed by atoms with Gasteiger partial charge in [0.2, 0.25) is 5.91 Å². The Bertz CT molecular complexity index is 889. The molecule has 0 radical (unpaired) electrons. The predicted molar refractivity (Wildman–Crippen MR) is 101 cm³/mol. The van der Waals surface area contributed by atoms with Crippen LogP contribution in [-0.4, -0.2) is 10.9 Å². The van der Waals surface area contributed by atoms with Gasteiger partial charge in [-0.15, -0.1) is 11.3 Å². The van der Waals surface area contributed by atoms with E-state index in [1.807, 2.05) is 29.6 Å². The number of thiazole rings is 1. The number of nitrogens with one attached hydrogen (secondary N) is 1. The van der Waals surface area contributed by atoms with Gasteiger partial charge in [0.1, 0.15) is 0 Å².